The minimum absolute atomic E-state index is 0.0605. The average Bonchev–Trinajstić information content (AvgIpc) is 3.12. The summed E-state index contributed by atoms with van der Waals surface area (Å²) in [5.41, 5.74) is -1.57. The third-order valence-electron chi connectivity index (χ3n) is 7.38. The number of ether oxygens (including phenoxy) is 3. The Morgan fingerprint density at radius 1 is 1.29 bits per heavy atom. The maximum absolute atomic E-state index is 15.7. The summed E-state index contributed by atoms with van der Waals surface area (Å²) in [6.45, 7) is 6.21. The Morgan fingerprint density at radius 3 is 2.71 bits per heavy atom. The van der Waals surface area contributed by atoms with Gasteiger partial charge in [0, 0.05) is 18.9 Å². The van der Waals surface area contributed by atoms with Crippen molar-refractivity contribution >= 4 is 5.97 Å². The summed E-state index contributed by atoms with van der Waals surface area (Å²) in [6, 6.07) is 0. The number of aliphatic hydroxyl groups excluding tert-OH is 1. The van der Waals surface area contributed by atoms with Crippen LogP contribution in [0.1, 0.15) is 85.0 Å². The van der Waals surface area contributed by atoms with Crippen molar-refractivity contribution in [3.8, 4) is 0 Å². The van der Waals surface area contributed by atoms with E-state index < -0.39 is 36.3 Å². The number of rotatable bonds is 14. The third kappa shape index (κ3) is 9.58. The number of alkyl halides is 2. The first-order valence-corrected chi connectivity index (χ1v) is 13.4. The fraction of sp³-hybridized carbons (Fsp3) is 0.821. The molecule has 8 atom stereocenters. The van der Waals surface area contributed by atoms with Gasteiger partial charge in [0.2, 0.25) is 0 Å². The van der Waals surface area contributed by atoms with Crippen LogP contribution in [-0.4, -0.2) is 55.1 Å². The first kappa shape index (κ1) is 29.9. The van der Waals surface area contributed by atoms with Gasteiger partial charge < -0.3 is 19.3 Å². The van der Waals surface area contributed by atoms with Crippen LogP contribution in [0, 0.1) is 17.8 Å². The fourth-order valence-electron chi connectivity index (χ4n) is 5.16. The maximum Gasteiger partial charge on any atom is 0.305 e. The highest BCUT2D eigenvalue weighted by atomic mass is 19.1. The van der Waals surface area contributed by atoms with Crippen LogP contribution in [0.5, 0.6) is 0 Å². The van der Waals surface area contributed by atoms with Crippen molar-refractivity contribution in [3.05, 3.63) is 24.3 Å². The number of halogens is 2. The second-order valence-corrected chi connectivity index (χ2v) is 10.4. The van der Waals surface area contributed by atoms with Gasteiger partial charge in [-0.15, -0.1) is 0 Å². The number of hydrogen-bond acceptors (Lipinski definition) is 5. The number of allylic oxidation sites excluding steroid dienone is 3. The first-order valence-electron chi connectivity index (χ1n) is 13.4. The summed E-state index contributed by atoms with van der Waals surface area (Å²) in [4.78, 5) is 11.2. The third-order valence-corrected chi connectivity index (χ3v) is 7.38. The summed E-state index contributed by atoms with van der Waals surface area (Å²) in [5, 5.41) is 10.6. The largest absolute Gasteiger partial charge is 0.469 e. The van der Waals surface area contributed by atoms with Crippen LogP contribution in [0.25, 0.3) is 0 Å². The van der Waals surface area contributed by atoms with Crippen molar-refractivity contribution in [2.24, 2.45) is 17.8 Å². The normalized spacial score (nSPS) is 31.0. The molecule has 2 fully saturated rings. The molecule has 0 aromatic heterocycles. The van der Waals surface area contributed by atoms with Crippen LogP contribution < -0.4 is 0 Å². The van der Waals surface area contributed by atoms with Crippen molar-refractivity contribution in [1.82, 2.24) is 0 Å². The minimum Gasteiger partial charge on any atom is -0.469 e. The Bertz CT molecular complexity index is 674. The van der Waals surface area contributed by atoms with Crippen LogP contribution in [-0.2, 0) is 19.0 Å². The van der Waals surface area contributed by atoms with Crippen molar-refractivity contribution in [2.75, 3.05) is 13.7 Å². The van der Waals surface area contributed by atoms with E-state index in [0.29, 0.717) is 38.7 Å². The van der Waals surface area contributed by atoms with Crippen LogP contribution in [0.2, 0.25) is 0 Å². The summed E-state index contributed by atoms with van der Waals surface area (Å²) < 4.78 is 47.4. The van der Waals surface area contributed by atoms with Crippen molar-refractivity contribution < 1.29 is 32.9 Å². The van der Waals surface area contributed by atoms with Crippen molar-refractivity contribution in [1.29, 1.82) is 0 Å². The van der Waals surface area contributed by atoms with E-state index in [-0.39, 0.29) is 17.8 Å². The summed E-state index contributed by atoms with van der Waals surface area (Å²) in [7, 11) is 1.35. The lowest BCUT2D eigenvalue weighted by Gasteiger charge is -2.34. The van der Waals surface area contributed by atoms with E-state index in [2.05, 4.69) is 4.74 Å². The molecular weight excluding hydrogens is 454 g/mol. The van der Waals surface area contributed by atoms with Gasteiger partial charge in [-0.3, -0.25) is 4.79 Å². The van der Waals surface area contributed by atoms with E-state index in [1.54, 1.807) is 19.1 Å². The Balaban J connectivity index is 2.09. The summed E-state index contributed by atoms with van der Waals surface area (Å²) in [6.07, 6.45) is 10.1. The van der Waals surface area contributed by atoms with Gasteiger partial charge in [0.1, 0.15) is 17.9 Å². The monoisotopic (exact) mass is 500 g/mol. The lowest BCUT2D eigenvalue weighted by atomic mass is 9.84. The van der Waals surface area contributed by atoms with E-state index in [4.69, 9.17) is 9.47 Å². The Morgan fingerprint density at radius 2 is 2.06 bits per heavy atom. The molecule has 1 aliphatic heterocycles. The van der Waals surface area contributed by atoms with E-state index >= 15 is 8.78 Å². The molecule has 1 saturated carbocycles. The second-order valence-electron chi connectivity index (χ2n) is 10.4. The molecule has 0 bridgehead atoms. The number of esters is 1. The molecule has 35 heavy (non-hydrogen) atoms. The molecule has 0 aromatic rings. The molecule has 1 heterocycles. The first-order chi connectivity index (χ1) is 16.7. The molecule has 5 nitrogen and oxygen atoms in total. The molecule has 1 saturated heterocycles. The molecule has 0 amide bonds. The maximum atomic E-state index is 15.7. The molecule has 3 unspecified atom stereocenters. The van der Waals surface area contributed by atoms with E-state index in [1.165, 1.54) is 13.2 Å². The fourth-order valence-corrected chi connectivity index (χ4v) is 5.16. The van der Waals surface area contributed by atoms with Crippen molar-refractivity contribution in [3.63, 3.8) is 0 Å². The lowest BCUT2D eigenvalue weighted by molar-refractivity contribution is -0.201. The van der Waals surface area contributed by atoms with Gasteiger partial charge in [-0.05, 0) is 63.7 Å². The minimum atomic E-state index is -1.57. The number of carbonyl (C=O) groups excluding carboxylic acids is 1. The zero-order chi connectivity index (χ0) is 25.8. The second kappa shape index (κ2) is 15.1. The quantitative estimate of drug-likeness (QED) is 0.174. The number of hydrogen-bond donors (Lipinski definition) is 1. The lowest BCUT2D eigenvalue weighted by Crippen LogP contribution is -2.40. The molecule has 7 heteroatoms. The summed E-state index contributed by atoms with van der Waals surface area (Å²) >= 11 is 0. The predicted molar refractivity (Wildman–Crippen MR) is 133 cm³/mol. The topological polar surface area (TPSA) is 65.0 Å². The Hall–Kier alpha value is -1.31. The number of methoxy groups -OCH3 is 1. The highest BCUT2D eigenvalue weighted by Gasteiger charge is 2.43. The van der Waals surface area contributed by atoms with Gasteiger partial charge in [0.25, 0.3) is 0 Å². The Kier molecular flexibility index (Phi) is 12.9. The average molecular weight is 501 g/mol. The molecule has 1 N–H and O–H groups in total. The number of unbranched alkanes of at least 4 members (excludes halogenated alkanes) is 2. The molecule has 0 spiro atoms. The van der Waals surface area contributed by atoms with E-state index in [1.807, 2.05) is 19.9 Å². The zero-order valence-electron chi connectivity index (χ0n) is 22.0. The van der Waals surface area contributed by atoms with Crippen LogP contribution in [0.3, 0.4) is 0 Å². The molecule has 0 aromatic carbocycles. The smallest absolute Gasteiger partial charge is 0.305 e. The molecule has 202 valence electrons. The van der Waals surface area contributed by atoms with Gasteiger partial charge in [-0.25, -0.2) is 8.78 Å². The Labute approximate surface area is 210 Å². The van der Waals surface area contributed by atoms with Crippen molar-refractivity contribution in [2.45, 2.75) is 115 Å². The number of carbonyl (C=O) groups is 1. The predicted octanol–water partition coefficient (Wildman–Crippen LogP) is 6.24. The SMILES string of the molecule is CCCCC(C)(F)[C@@H](C=C[C@@H]1[C@@H](C(F)C=CCCCC(=O)OC)[C@@H](O)C[C@H]1C)OC1CCCCO1. The summed E-state index contributed by atoms with van der Waals surface area (Å²) in [5.74, 6) is -1.06. The van der Waals surface area contributed by atoms with Crippen LogP contribution in [0.15, 0.2) is 24.3 Å². The van der Waals surface area contributed by atoms with Gasteiger partial charge >= 0.3 is 5.97 Å². The van der Waals surface area contributed by atoms with Crippen LogP contribution >= 0.6 is 0 Å². The van der Waals surface area contributed by atoms with Gasteiger partial charge in [0.15, 0.2) is 6.29 Å². The van der Waals surface area contributed by atoms with Gasteiger partial charge in [-0.2, -0.15) is 0 Å². The molecular formula is C28H46F2O5. The standard InChI is InChI=1S/C28H46F2O5/c1-5-6-17-28(3,30)24(35-26-14-10-11-18-34-26)16-15-21-20(2)19-23(31)27(21)22(29)12-8-7-9-13-25(32)33-4/h8,12,15-16,20-24,26-27,31H,5-7,9-11,13-14,17-19H2,1-4H3/t20-,21+,22?,23+,24-,26?,27+,28?/m1/s1. The van der Waals surface area contributed by atoms with E-state index in [9.17, 15) is 9.90 Å². The van der Waals surface area contributed by atoms with Gasteiger partial charge in [-0.1, -0.05) is 51.0 Å². The van der Waals surface area contributed by atoms with Gasteiger partial charge in [0.05, 0.1) is 13.2 Å². The highest BCUT2D eigenvalue weighted by molar-refractivity contribution is 5.69. The number of aliphatic hydroxyl groups is 1. The van der Waals surface area contributed by atoms with Crippen LogP contribution in [0.4, 0.5) is 8.78 Å². The molecule has 2 rings (SSSR count). The van der Waals surface area contributed by atoms with E-state index in [0.717, 1.165) is 32.1 Å². The molecule has 0 radical (unpaired) electrons. The highest BCUT2D eigenvalue weighted by Crippen LogP contribution is 2.42. The molecule has 2 aliphatic rings. The zero-order valence-corrected chi connectivity index (χ0v) is 22.0. The molecule has 1 aliphatic carbocycles.